The van der Waals surface area contributed by atoms with Crippen LogP contribution in [-0.2, 0) is 11.3 Å². The van der Waals surface area contributed by atoms with Gasteiger partial charge in [0.05, 0.1) is 11.2 Å². The van der Waals surface area contributed by atoms with Gasteiger partial charge in [-0.05, 0) is 32.6 Å². The first-order valence-corrected chi connectivity index (χ1v) is 10.0. The number of carbonyl (C=O) groups excluding carboxylic acids is 1. The van der Waals surface area contributed by atoms with Crippen LogP contribution in [0.1, 0.15) is 30.3 Å². The Kier molecular flexibility index (Phi) is 6.71. The van der Waals surface area contributed by atoms with Crippen LogP contribution in [0.15, 0.2) is 5.51 Å². The Morgan fingerprint density at radius 2 is 2.41 bits per heavy atom. The van der Waals surface area contributed by atoms with Crippen molar-refractivity contribution >= 4 is 29.0 Å². The molecule has 2 rings (SSSR count). The normalized spacial score (nSPS) is 19.9. The highest BCUT2D eigenvalue weighted by Crippen LogP contribution is 2.21. The number of carbonyl (C=O) groups is 1. The van der Waals surface area contributed by atoms with E-state index in [1.54, 1.807) is 23.1 Å². The molecular weight excluding hydrogens is 314 g/mol. The number of thioether (sulfide) groups is 1. The van der Waals surface area contributed by atoms with Gasteiger partial charge in [-0.2, -0.15) is 11.8 Å². The first-order chi connectivity index (χ1) is 10.5. The second-order valence-electron chi connectivity index (χ2n) is 6.30. The second-order valence-corrected chi connectivity index (χ2v) is 8.52. The molecule has 0 aromatic carbocycles. The van der Waals surface area contributed by atoms with E-state index < -0.39 is 0 Å². The van der Waals surface area contributed by atoms with Gasteiger partial charge in [-0.15, -0.1) is 11.3 Å². The number of rotatable bonds is 7. The fraction of sp³-hybridized carbons (Fsp3) is 0.750. The summed E-state index contributed by atoms with van der Waals surface area (Å²) in [6.07, 6.45) is 3.87. The molecule has 0 aliphatic carbocycles. The van der Waals surface area contributed by atoms with Gasteiger partial charge in [0.25, 0.3) is 0 Å². The second kappa shape index (κ2) is 8.31. The summed E-state index contributed by atoms with van der Waals surface area (Å²) in [5.41, 5.74) is 3.06. The van der Waals surface area contributed by atoms with E-state index in [9.17, 15) is 4.79 Å². The molecule has 0 saturated carbocycles. The summed E-state index contributed by atoms with van der Waals surface area (Å²) in [4.78, 5) is 22.3. The van der Waals surface area contributed by atoms with E-state index in [2.05, 4.69) is 41.9 Å². The highest BCUT2D eigenvalue weighted by Gasteiger charge is 2.27. The minimum absolute atomic E-state index is 0.324. The summed E-state index contributed by atoms with van der Waals surface area (Å²) in [7, 11) is 2.17. The van der Waals surface area contributed by atoms with Crippen molar-refractivity contribution in [1.82, 2.24) is 14.8 Å². The fourth-order valence-corrected chi connectivity index (χ4v) is 4.06. The van der Waals surface area contributed by atoms with E-state index in [1.807, 2.05) is 5.51 Å². The highest BCUT2D eigenvalue weighted by molar-refractivity contribution is 7.99. The first-order valence-electron chi connectivity index (χ1n) is 7.87. The zero-order valence-corrected chi connectivity index (χ0v) is 15.7. The highest BCUT2D eigenvalue weighted by atomic mass is 32.2. The number of aromatic nitrogens is 1. The molecule has 22 heavy (non-hydrogen) atoms. The van der Waals surface area contributed by atoms with E-state index in [4.69, 9.17) is 0 Å². The van der Waals surface area contributed by atoms with Crippen molar-refractivity contribution in [2.75, 3.05) is 32.9 Å². The van der Waals surface area contributed by atoms with Crippen molar-refractivity contribution in [1.29, 1.82) is 0 Å². The van der Waals surface area contributed by atoms with Gasteiger partial charge in [0.15, 0.2) is 0 Å². The molecule has 0 spiro atoms. The van der Waals surface area contributed by atoms with Crippen LogP contribution in [0.2, 0.25) is 0 Å². The number of hydrogen-bond donors (Lipinski definition) is 0. The number of nitrogens with zero attached hydrogens (tertiary/aromatic N) is 3. The van der Waals surface area contributed by atoms with Crippen molar-refractivity contribution in [2.45, 2.75) is 38.5 Å². The van der Waals surface area contributed by atoms with Crippen LogP contribution in [0.3, 0.4) is 0 Å². The maximum Gasteiger partial charge on any atom is 0.223 e. The third-order valence-electron chi connectivity index (χ3n) is 4.33. The van der Waals surface area contributed by atoms with Crippen LogP contribution in [0, 0.1) is 12.8 Å². The van der Waals surface area contributed by atoms with Gasteiger partial charge >= 0.3 is 0 Å². The smallest absolute Gasteiger partial charge is 0.223 e. The summed E-state index contributed by atoms with van der Waals surface area (Å²) < 4.78 is 0. The van der Waals surface area contributed by atoms with Crippen LogP contribution in [0.4, 0.5) is 0 Å². The van der Waals surface area contributed by atoms with Crippen LogP contribution < -0.4 is 0 Å². The lowest BCUT2D eigenvalue weighted by Crippen LogP contribution is -2.32. The molecule has 1 amide bonds. The Morgan fingerprint density at radius 1 is 1.64 bits per heavy atom. The summed E-state index contributed by atoms with van der Waals surface area (Å²) in [6, 6.07) is 0. The van der Waals surface area contributed by atoms with Crippen LogP contribution in [0.25, 0.3) is 0 Å². The largest absolute Gasteiger partial charge is 0.342 e. The Bertz CT molecular complexity index is 491. The third kappa shape index (κ3) is 4.96. The van der Waals surface area contributed by atoms with Gasteiger partial charge in [0.2, 0.25) is 5.91 Å². The third-order valence-corrected chi connectivity index (χ3v) is 6.22. The molecule has 4 nitrogen and oxygen atoms in total. The summed E-state index contributed by atoms with van der Waals surface area (Å²) in [6.45, 7) is 8.07. The topological polar surface area (TPSA) is 36.4 Å². The molecule has 1 aromatic rings. The number of likely N-dealkylation sites (tertiary alicyclic amines) is 1. The van der Waals surface area contributed by atoms with Crippen molar-refractivity contribution in [2.24, 2.45) is 5.92 Å². The predicted molar refractivity (Wildman–Crippen MR) is 95.5 cm³/mol. The van der Waals surface area contributed by atoms with E-state index in [-0.39, 0.29) is 0 Å². The average Bonchev–Trinajstić information content (AvgIpc) is 3.09. The van der Waals surface area contributed by atoms with Gasteiger partial charge < -0.3 is 9.80 Å². The van der Waals surface area contributed by atoms with E-state index in [1.165, 1.54) is 4.88 Å². The molecule has 1 aromatic heterocycles. The van der Waals surface area contributed by atoms with E-state index in [0.29, 0.717) is 23.5 Å². The molecule has 1 saturated heterocycles. The van der Waals surface area contributed by atoms with Crippen molar-refractivity contribution in [3.05, 3.63) is 16.1 Å². The van der Waals surface area contributed by atoms with Crippen LogP contribution in [-0.4, -0.2) is 58.9 Å². The fourth-order valence-electron chi connectivity index (χ4n) is 2.89. The quantitative estimate of drug-likeness (QED) is 0.764. The van der Waals surface area contributed by atoms with Crippen molar-refractivity contribution < 1.29 is 4.79 Å². The molecular formula is C16H27N3OS2. The van der Waals surface area contributed by atoms with Gasteiger partial charge in [-0.3, -0.25) is 4.79 Å². The molecule has 1 aliphatic rings. The minimum atomic E-state index is 0.324. The van der Waals surface area contributed by atoms with Gasteiger partial charge in [0, 0.05) is 42.7 Å². The number of hydrogen-bond acceptors (Lipinski definition) is 5. The molecule has 0 unspecified atom stereocenters. The molecule has 6 heteroatoms. The van der Waals surface area contributed by atoms with E-state index >= 15 is 0 Å². The summed E-state index contributed by atoms with van der Waals surface area (Å²) in [5.74, 6) is 0.928. The molecule has 0 radical (unpaired) electrons. The zero-order valence-electron chi connectivity index (χ0n) is 14.0. The number of aryl methyl sites for hydroxylation is 1. The zero-order chi connectivity index (χ0) is 16.1. The molecule has 2 heterocycles. The summed E-state index contributed by atoms with van der Waals surface area (Å²) in [5, 5.41) is 0.420. The Morgan fingerprint density at radius 3 is 3.05 bits per heavy atom. The lowest BCUT2D eigenvalue weighted by Gasteiger charge is -2.22. The van der Waals surface area contributed by atoms with Gasteiger partial charge in [-0.25, -0.2) is 4.98 Å². The maximum absolute atomic E-state index is 12.2. The summed E-state index contributed by atoms with van der Waals surface area (Å²) >= 11 is 3.50. The van der Waals surface area contributed by atoms with Gasteiger partial charge in [0.1, 0.15) is 0 Å². The van der Waals surface area contributed by atoms with Crippen LogP contribution in [0.5, 0.6) is 0 Å². The molecule has 124 valence electrons. The number of thiazole rings is 1. The lowest BCUT2D eigenvalue weighted by atomic mass is 10.1. The lowest BCUT2D eigenvalue weighted by molar-refractivity contribution is -0.130. The monoisotopic (exact) mass is 341 g/mol. The van der Waals surface area contributed by atoms with Crippen molar-refractivity contribution in [3.63, 3.8) is 0 Å². The molecule has 1 fully saturated rings. The van der Waals surface area contributed by atoms with E-state index in [0.717, 1.165) is 38.3 Å². The molecule has 2 atom stereocenters. The Hall–Kier alpha value is -0.590. The van der Waals surface area contributed by atoms with Crippen LogP contribution >= 0.6 is 23.1 Å². The maximum atomic E-state index is 12.2. The number of amides is 1. The Balaban J connectivity index is 1.76. The molecule has 1 aliphatic heterocycles. The average molecular weight is 342 g/mol. The molecule has 0 bridgehead atoms. The first kappa shape index (κ1) is 17.8. The SMILES string of the molecule is CS[C@@H](C)CC(=O)N1CC[C@H](CN(C)Cc2scnc2C)C1. The molecule has 0 N–H and O–H groups in total. The Labute approximate surface area is 142 Å². The standard InChI is InChI=1S/C16H27N3OS2/c1-12(21-4)7-16(20)19-6-5-14(9-19)8-18(3)10-15-13(2)17-11-22-15/h11-12,14H,5-10H2,1-4H3/t12-,14+/m0/s1. The minimum Gasteiger partial charge on any atom is -0.342 e. The van der Waals surface area contributed by atoms with Crippen molar-refractivity contribution in [3.8, 4) is 0 Å². The predicted octanol–water partition coefficient (Wildman–Crippen LogP) is 2.87. The van der Waals surface area contributed by atoms with Gasteiger partial charge in [-0.1, -0.05) is 6.92 Å².